The highest BCUT2D eigenvalue weighted by atomic mass is 16.5. The van der Waals surface area contributed by atoms with Crippen molar-refractivity contribution in [2.24, 2.45) is 0 Å². The fraction of sp³-hybridized carbons (Fsp3) is 0.889. The Balaban J connectivity index is 2.11. The first-order valence-electron chi connectivity index (χ1n) is 4.95. The van der Waals surface area contributed by atoms with Crippen LogP contribution in [0.2, 0.25) is 0 Å². The van der Waals surface area contributed by atoms with Crippen molar-refractivity contribution in [3.63, 3.8) is 0 Å². The van der Waals surface area contributed by atoms with Crippen molar-refractivity contribution in [1.82, 2.24) is 10.4 Å². The molecule has 0 aromatic rings. The Kier molecular flexibility index (Phi) is 4.78. The van der Waals surface area contributed by atoms with E-state index in [9.17, 15) is 4.79 Å². The maximum Gasteiger partial charge on any atom is 0.260 e. The van der Waals surface area contributed by atoms with E-state index in [0.29, 0.717) is 6.61 Å². The standard InChI is InChI=1S/C9H18N2O2/c1-2-13-8-9(12)10-11-6-4-3-5-7-11/h2-8H2,1H3,(H,10,12). The maximum atomic E-state index is 11.2. The van der Waals surface area contributed by atoms with Crippen LogP contribution in [0, 0.1) is 0 Å². The molecule has 1 N–H and O–H groups in total. The molecule has 1 aliphatic heterocycles. The van der Waals surface area contributed by atoms with Crippen LogP contribution in [-0.4, -0.2) is 37.2 Å². The minimum Gasteiger partial charge on any atom is -0.372 e. The minimum absolute atomic E-state index is 0.0382. The number of nitrogens with one attached hydrogen (secondary N) is 1. The molecule has 0 radical (unpaired) electrons. The molecule has 13 heavy (non-hydrogen) atoms. The van der Waals surface area contributed by atoms with Gasteiger partial charge in [0.1, 0.15) is 6.61 Å². The van der Waals surface area contributed by atoms with Gasteiger partial charge in [-0.3, -0.25) is 10.2 Å². The van der Waals surface area contributed by atoms with Gasteiger partial charge in [-0.15, -0.1) is 0 Å². The fourth-order valence-corrected chi connectivity index (χ4v) is 1.41. The van der Waals surface area contributed by atoms with Crippen molar-refractivity contribution in [3.8, 4) is 0 Å². The Morgan fingerprint density at radius 1 is 1.38 bits per heavy atom. The van der Waals surface area contributed by atoms with E-state index in [1.807, 2.05) is 11.9 Å². The topological polar surface area (TPSA) is 41.6 Å². The van der Waals surface area contributed by atoms with E-state index in [0.717, 1.165) is 13.1 Å². The fourth-order valence-electron chi connectivity index (χ4n) is 1.41. The number of nitrogens with zero attached hydrogens (tertiary/aromatic N) is 1. The van der Waals surface area contributed by atoms with Crippen molar-refractivity contribution in [2.45, 2.75) is 26.2 Å². The summed E-state index contributed by atoms with van der Waals surface area (Å²) < 4.78 is 5.00. The SMILES string of the molecule is CCOCC(=O)NN1CCCCC1. The van der Waals surface area contributed by atoms with E-state index in [2.05, 4.69) is 5.43 Å². The second kappa shape index (κ2) is 5.94. The number of hydrogen-bond acceptors (Lipinski definition) is 3. The van der Waals surface area contributed by atoms with Gasteiger partial charge >= 0.3 is 0 Å². The van der Waals surface area contributed by atoms with Crippen LogP contribution in [-0.2, 0) is 9.53 Å². The van der Waals surface area contributed by atoms with Crippen LogP contribution in [0.15, 0.2) is 0 Å². The maximum absolute atomic E-state index is 11.2. The van der Waals surface area contributed by atoms with Crippen molar-refractivity contribution >= 4 is 5.91 Å². The largest absolute Gasteiger partial charge is 0.372 e. The number of piperidine rings is 1. The normalized spacial score (nSPS) is 18.5. The number of carbonyl (C=O) groups is 1. The van der Waals surface area contributed by atoms with Crippen LogP contribution in [0.3, 0.4) is 0 Å². The van der Waals surface area contributed by atoms with Crippen molar-refractivity contribution in [2.75, 3.05) is 26.3 Å². The number of rotatable bonds is 4. The Labute approximate surface area is 79.2 Å². The van der Waals surface area contributed by atoms with Gasteiger partial charge in [0.2, 0.25) is 0 Å². The van der Waals surface area contributed by atoms with Gasteiger partial charge in [-0.05, 0) is 19.8 Å². The molecule has 76 valence electrons. The summed E-state index contributed by atoms with van der Waals surface area (Å²) in [5.41, 5.74) is 2.82. The average Bonchev–Trinajstić information content (AvgIpc) is 2.16. The molecule has 4 nitrogen and oxygen atoms in total. The first-order valence-corrected chi connectivity index (χ1v) is 4.95. The zero-order valence-corrected chi connectivity index (χ0v) is 8.21. The number of ether oxygens (including phenoxy) is 1. The van der Waals surface area contributed by atoms with Gasteiger partial charge in [0, 0.05) is 19.7 Å². The quantitative estimate of drug-likeness (QED) is 0.696. The van der Waals surface area contributed by atoms with E-state index in [-0.39, 0.29) is 12.5 Å². The van der Waals surface area contributed by atoms with Crippen LogP contribution < -0.4 is 5.43 Å². The Morgan fingerprint density at radius 2 is 2.08 bits per heavy atom. The summed E-state index contributed by atoms with van der Waals surface area (Å²) in [7, 11) is 0. The summed E-state index contributed by atoms with van der Waals surface area (Å²) in [6, 6.07) is 0. The number of hydrogen-bond donors (Lipinski definition) is 1. The summed E-state index contributed by atoms with van der Waals surface area (Å²) in [4.78, 5) is 11.2. The van der Waals surface area contributed by atoms with Gasteiger partial charge in [-0.2, -0.15) is 0 Å². The van der Waals surface area contributed by atoms with Gasteiger partial charge < -0.3 is 4.74 Å². The zero-order valence-electron chi connectivity index (χ0n) is 8.21. The molecule has 0 aromatic carbocycles. The predicted molar refractivity (Wildman–Crippen MR) is 50.1 cm³/mol. The Bertz CT molecular complexity index is 156. The van der Waals surface area contributed by atoms with Crippen molar-refractivity contribution < 1.29 is 9.53 Å². The number of amides is 1. The third kappa shape index (κ3) is 4.24. The molecule has 0 aliphatic carbocycles. The minimum atomic E-state index is -0.0382. The smallest absolute Gasteiger partial charge is 0.260 e. The summed E-state index contributed by atoms with van der Waals surface area (Å²) >= 11 is 0. The molecule has 1 saturated heterocycles. The molecule has 4 heteroatoms. The van der Waals surface area contributed by atoms with Crippen LogP contribution in [0.5, 0.6) is 0 Å². The Hall–Kier alpha value is -0.610. The second-order valence-corrected chi connectivity index (χ2v) is 3.22. The third-order valence-corrected chi connectivity index (χ3v) is 2.08. The zero-order chi connectivity index (χ0) is 9.52. The molecule has 1 fully saturated rings. The van der Waals surface area contributed by atoms with Gasteiger partial charge in [-0.1, -0.05) is 6.42 Å². The highest BCUT2D eigenvalue weighted by Gasteiger charge is 2.11. The van der Waals surface area contributed by atoms with Gasteiger partial charge in [0.15, 0.2) is 0 Å². The lowest BCUT2D eigenvalue weighted by Gasteiger charge is -2.26. The molecule has 0 saturated carbocycles. The molecule has 1 rings (SSSR count). The average molecular weight is 186 g/mol. The Morgan fingerprint density at radius 3 is 2.69 bits per heavy atom. The van der Waals surface area contributed by atoms with Crippen molar-refractivity contribution in [3.05, 3.63) is 0 Å². The second-order valence-electron chi connectivity index (χ2n) is 3.22. The number of carbonyl (C=O) groups excluding carboxylic acids is 1. The van der Waals surface area contributed by atoms with Crippen LogP contribution in [0.4, 0.5) is 0 Å². The first-order chi connectivity index (χ1) is 6.33. The van der Waals surface area contributed by atoms with Crippen LogP contribution in [0.1, 0.15) is 26.2 Å². The van der Waals surface area contributed by atoms with E-state index < -0.39 is 0 Å². The molecule has 0 atom stereocenters. The van der Waals surface area contributed by atoms with E-state index >= 15 is 0 Å². The lowest BCUT2D eigenvalue weighted by Crippen LogP contribution is -2.46. The predicted octanol–water partition coefficient (Wildman–Crippen LogP) is 0.540. The monoisotopic (exact) mass is 186 g/mol. The summed E-state index contributed by atoms with van der Waals surface area (Å²) in [6.45, 7) is 4.59. The van der Waals surface area contributed by atoms with Gasteiger partial charge in [-0.25, -0.2) is 5.01 Å². The molecule has 0 spiro atoms. The molecular formula is C9H18N2O2. The highest BCUT2D eigenvalue weighted by molar-refractivity contribution is 5.76. The summed E-state index contributed by atoms with van der Waals surface area (Å²) in [6.07, 6.45) is 3.63. The first kappa shape index (κ1) is 10.5. The molecule has 0 unspecified atom stereocenters. The van der Waals surface area contributed by atoms with Gasteiger partial charge in [0.25, 0.3) is 5.91 Å². The van der Waals surface area contributed by atoms with Gasteiger partial charge in [0.05, 0.1) is 0 Å². The molecule has 0 aromatic heterocycles. The highest BCUT2D eigenvalue weighted by Crippen LogP contribution is 2.05. The lowest BCUT2D eigenvalue weighted by atomic mass is 10.2. The lowest BCUT2D eigenvalue weighted by molar-refractivity contribution is -0.130. The molecule has 0 bridgehead atoms. The summed E-state index contributed by atoms with van der Waals surface area (Å²) in [5.74, 6) is -0.0382. The molecule has 1 amide bonds. The molecular weight excluding hydrogens is 168 g/mol. The molecule has 1 heterocycles. The summed E-state index contributed by atoms with van der Waals surface area (Å²) in [5, 5.41) is 1.98. The number of hydrazine groups is 1. The van der Waals surface area contributed by atoms with E-state index in [4.69, 9.17) is 4.74 Å². The third-order valence-electron chi connectivity index (χ3n) is 2.08. The van der Waals surface area contributed by atoms with Crippen LogP contribution in [0.25, 0.3) is 0 Å². The van der Waals surface area contributed by atoms with Crippen LogP contribution >= 0.6 is 0 Å². The van der Waals surface area contributed by atoms with E-state index in [1.165, 1.54) is 19.3 Å². The van der Waals surface area contributed by atoms with Crippen molar-refractivity contribution in [1.29, 1.82) is 0 Å². The van der Waals surface area contributed by atoms with E-state index in [1.54, 1.807) is 0 Å². The molecule has 1 aliphatic rings.